The molecule has 0 saturated heterocycles. The first-order valence-corrected chi connectivity index (χ1v) is 6.15. The molecule has 0 saturated carbocycles. The van der Waals surface area contributed by atoms with Gasteiger partial charge in [0.15, 0.2) is 5.82 Å². The lowest BCUT2D eigenvalue weighted by atomic mass is 10.1. The number of hydrogen-bond acceptors (Lipinski definition) is 5. The second-order valence-electron chi connectivity index (χ2n) is 4.30. The second kappa shape index (κ2) is 5.91. The number of benzene rings is 1. The van der Waals surface area contributed by atoms with Crippen molar-refractivity contribution in [2.75, 3.05) is 12.3 Å². The largest absolute Gasteiger partial charge is 0.396 e. The van der Waals surface area contributed by atoms with Gasteiger partial charge in [0, 0.05) is 12.7 Å². The van der Waals surface area contributed by atoms with E-state index in [0.717, 1.165) is 6.07 Å². The van der Waals surface area contributed by atoms with E-state index in [1.807, 2.05) is 13.8 Å². The fraction of sp³-hybridized carbons (Fsp3) is 0.417. The topological polar surface area (TPSA) is 78.8 Å². The van der Waals surface area contributed by atoms with Gasteiger partial charge >= 0.3 is 0 Å². The van der Waals surface area contributed by atoms with E-state index in [0.29, 0.717) is 13.2 Å². The molecular weight excluding hydrogens is 268 g/mol. The molecule has 2 rings (SSSR count). The summed E-state index contributed by atoms with van der Waals surface area (Å²) in [5.41, 5.74) is 5.35. The fourth-order valence-electron chi connectivity index (χ4n) is 1.84. The number of halogens is 2. The Morgan fingerprint density at radius 3 is 2.80 bits per heavy atom. The standard InChI is InChI=1S/C12H15F2N5O/c1-3-20-7(2)6-19-12(16-17-18-19)8-4-11(15)10(14)5-9(8)13/h4-5,7H,3,6,15H2,1-2H3. The molecule has 0 aliphatic rings. The summed E-state index contributed by atoms with van der Waals surface area (Å²) in [6, 6.07) is 1.90. The van der Waals surface area contributed by atoms with Crippen LogP contribution in [0.25, 0.3) is 11.4 Å². The summed E-state index contributed by atoms with van der Waals surface area (Å²) in [6.45, 7) is 4.63. The van der Waals surface area contributed by atoms with Gasteiger partial charge in [-0.05, 0) is 30.3 Å². The number of tetrazole rings is 1. The van der Waals surface area contributed by atoms with Crippen LogP contribution >= 0.6 is 0 Å². The zero-order chi connectivity index (χ0) is 14.7. The number of nitrogens with two attached hydrogens (primary N) is 1. The van der Waals surface area contributed by atoms with E-state index in [2.05, 4.69) is 15.5 Å². The van der Waals surface area contributed by atoms with E-state index in [1.165, 1.54) is 10.7 Å². The molecule has 1 unspecified atom stereocenters. The molecule has 20 heavy (non-hydrogen) atoms. The summed E-state index contributed by atoms with van der Waals surface area (Å²) in [6.07, 6.45) is -0.136. The van der Waals surface area contributed by atoms with E-state index in [4.69, 9.17) is 10.5 Å². The summed E-state index contributed by atoms with van der Waals surface area (Å²) >= 11 is 0. The van der Waals surface area contributed by atoms with Crippen molar-refractivity contribution in [3.8, 4) is 11.4 Å². The predicted molar refractivity (Wildman–Crippen MR) is 68.7 cm³/mol. The Balaban J connectivity index is 2.35. The minimum Gasteiger partial charge on any atom is -0.396 e. The Morgan fingerprint density at radius 2 is 2.10 bits per heavy atom. The second-order valence-corrected chi connectivity index (χ2v) is 4.30. The van der Waals surface area contributed by atoms with Gasteiger partial charge in [-0.3, -0.25) is 0 Å². The van der Waals surface area contributed by atoms with Crippen LogP contribution in [-0.2, 0) is 11.3 Å². The molecule has 0 bridgehead atoms. The maximum atomic E-state index is 13.8. The number of nitrogens with zero attached hydrogens (tertiary/aromatic N) is 4. The molecule has 1 aromatic heterocycles. The van der Waals surface area contributed by atoms with Gasteiger partial charge in [0.1, 0.15) is 11.6 Å². The third-order valence-electron chi connectivity index (χ3n) is 2.74. The van der Waals surface area contributed by atoms with Gasteiger partial charge in [-0.15, -0.1) is 5.10 Å². The Kier molecular flexibility index (Phi) is 4.23. The molecule has 8 heteroatoms. The molecule has 6 nitrogen and oxygen atoms in total. The molecule has 2 N–H and O–H groups in total. The van der Waals surface area contributed by atoms with Gasteiger partial charge in [0.2, 0.25) is 0 Å². The summed E-state index contributed by atoms with van der Waals surface area (Å²) in [5, 5.41) is 11.1. The van der Waals surface area contributed by atoms with Gasteiger partial charge in [-0.1, -0.05) is 0 Å². The van der Waals surface area contributed by atoms with Crippen LogP contribution in [0.3, 0.4) is 0 Å². The first-order chi connectivity index (χ1) is 9.52. The van der Waals surface area contributed by atoms with Crippen LogP contribution in [0.2, 0.25) is 0 Å². The smallest absolute Gasteiger partial charge is 0.185 e. The Bertz CT molecular complexity index is 602. The predicted octanol–water partition coefficient (Wildman–Crippen LogP) is 1.63. The Labute approximate surface area is 114 Å². The van der Waals surface area contributed by atoms with Crippen molar-refractivity contribution >= 4 is 5.69 Å². The minimum atomic E-state index is -0.812. The molecule has 0 aliphatic carbocycles. The van der Waals surface area contributed by atoms with Crippen LogP contribution < -0.4 is 5.73 Å². The van der Waals surface area contributed by atoms with Gasteiger partial charge in [0.25, 0.3) is 0 Å². The van der Waals surface area contributed by atoms with Crippen LogP contribution in [0.4, 0.5) is 14.5 Å². The SMILES string of the molecule is CCOC(C)Cn1nnnc1-c1cc(N)c(F)cc1F. The van der Waals surface area contributed by atoms with Gasteiger partial charge < -0.3 is 10.5 Å². The third-order valence-corrected chi connectivity index (χ3v) is 2.74. The van der Waals surface area contributed by atoms with Crippen molar-refractivity contribution in [3.63, 3.8) is 0 Å². The molecule has 1 heterocycles. The fourth-order valence-corrected chi connectivity index (χ4v) is 1.84. The first kappa shape index (κ1) is 14.3. The number of nitrogen functional groups attached to an aromatic ring is 1. The highest BCUT2D eigenvalue weighted by atomic mass is 19.1. The highest BCUT2D eigenvalue weighted by Gasteiger charge is 2.17. The summed E-state index contributed by atoms with van der Waals surface area (Å²) < 4.78 is 33.8. The molecule has 0 fully saturated rings. The quantitative estimate of drug-likeness (QED) is 0.844. The number of aromatic nitrogens is 4. The Morgan fingerprint density at radius 1 is 1.35 bits per heavy atom. The molecule has 1 aromatic carbocycles. The van der Waals surface area contributed by atoms with Crippen molar-refractivity contribution in [2.24, 2.45) is 0 Å². The molecule has 0 aliphatic heterocycles. The lowest BCUT2D eigenvalue weighted by Gasteiger charge is -2.12. The van der Waals surface area contributed by atoms with E-state index in [-0.39, 0.29) is 23.2 Å². The average molecular weight is 283 g/mol. The zero-order valence-corrected chi connectivity index (χ0v) is 11.2. The monoisotopic (exact) mass is 283 g/mol. The van der Waals surface area contributed by atoms with Crippen LogP contribution in [0.1, 0.15) is 13.8 Å². The lowest BCUT2D eigenvalue weighted by Crippen LogP contribution is -2.18. The van der Waals surface area contributed by atoms with Crippen LogP contribution in [0.5, 0.6) is 0 Å². The lowest BCUT2D eigenvalue weighted by molar-refractivity contribution is 0.0614. The first-order valence-electron chi connectivity index (χ1n) is 6.15. The maximum Gasteiger partial charge on any atom is 0.185 e. The number of anilines is 1. The van der Waals surface area contributed by atoms with Gasteiger partial charge in [-0.25, -0.2) is 13.5 Å². The minimum absolute atomic E-state index is 0.0533. The summed E-state index contributed by atoms with van der Waals surface area (Å²) in [7, 11) is 0. The highest BCUT2D eigenvalue weighted by molar-refractivity contribution is 5.62. The highest BCUT2D eigenvalue weighted by Crippen LogP contribution is 2.25. The van der Waals surface area contributed by atoms with Gasteiger partial charge in [0.05, 0.1) is 23.9 Å². The third kappa shape index (κ3) is 2.90. The molecule has 0 spiro atoms. The molecule has 1 atom stereocenters. The van der Waals surface area contributed by atoms with E-state index in [1.54, 1.807) is 0 Å². The molecule has 2 aromatic rings. The molecule has 0 amide bonds. The van der Waals surface area contributed by atoms with Crippen LogP contribution in [-0.4, -0.2) is 32.9 Å². The van der Waals surface area contributed by atoms with E-state index < -0.39 is 11.6 Å². The summed E-state index contributed by atoms with van der Waals surface area (Å²) in [4.78, 5) is 0. The molecular formula is C12H15F2N5O. The summed E-state index contributed by atoms with van der Waals surface area (Å²) in [5.74, 6) is -1.40. The average Bonchev–Trinajstić information content (AvgIpc) is 2.82. The van der Waals surface area contributed by atoms with Gasteiger partial charge in [-0.2, -0.15) is 0 Å². The van der Waals surface area contributed by atoms with Crippen LogP contribution in [0, 0.1) is 11.6 Å². The number of rotatable bonds is 5. The maximum absolute atomic E-state index is 13.8. The van der Waals surface area contributed by atoms with E-state index >= 15 is 0 Å². The molecule has 108 valence electrons. The number of ether oxygens (including phenoxy) is 1. The van der Waals surface area contributed by atoms with Crippen molar-refractivity contribution in [1.82, 2.24) is 20.2 Å². The zero-order valence-electron chi connectivity index (χ0n) is 11.2. The number of hydrogen-bond donors (Lipinski definition) is 1. The Hall–Kier alpha value is -2.09. The van der Waals surface area contributed by atoms with E-state index in [9.17, 15) is 8.78 Å². The van der Waals surface area contributed by atoms with Crippen molar-refractivity contribution in [2.45, 2.75) is 26.5 Å². The van der Waals surface area contributed by atoms with Crippen LogP contribution in [0.15, 0.2) is 12.1 Å². The molecule has 0 radical (unpaired) electrons. The van der Waals surface area contributed by atoms with Crippen molar-refractivity contribution in [3.05, 3.63) is 23.8 Å². The van der Waals surface area contributed by atoms with Crippen molar-refractivity contribution < 1.29 is 13.5 Å². The normalized spacial score (nSPS) is 12.6. The van der Waals surface area contributed by atoms with Crippen molar-refractivity contribution in [1.29, 1.82) is 0 Å².